The number of anilines is 1. The van der Waals surface area contributed by atoms with Crippen molar-refractivity contribution in [3.8, 4) is 11.3 Å². The van der Waals surface area contributed by atoms with Crippen LogP contribution >= 0.6 is 11.3 Å². The molecule has 1 saturated heterocycles. The molecule has 3 aromatic heterocycles. The van der Waals surface area contributed by atoms with Crippen molar-refractivity contribution in [3.05, 3.63) is 51.4 Å². The van der Waals surface area contributed by atoms with E-state index in [0.29, 0.717) is 55.0 Å². The first-order valence-electron chi connectivity index (χ1n) is 20.3. The summed E-state index contributed by atoms with van der Waals surface area (Å²) in [4.78, 5) is 73.2. The molecule has 0 radical (unpaired) electrons. The van der Waals surface area contributed by atoms with Crippen LogP contribution in [0, 0.1) is 11.7 Å². The molecule has 57 heavy (non-hydrogen) atoms. The molecule has 0 spiro atoms. The van der Waals surface area contributed by atoms with Gasteiger partial charge in [-0.1, -0.05) is 6.42 Å². The van der Waals surface area contributed by atoms with E-state index in [0.717, 1.165) is 73.1 Å². The van der Waals surface area contributed by atoms with Crippen LogP contribution < -0.4 is 31.9 Å². The molecule has 0 aromatic carbocycles. The number of thiophene rings is 1. The third kappa shape index (κ3) is 10.6. The van der Waals surface area contributed by atoms with E-state index in [-0.39, 0.29) is 55.2 Å². The summed E-state index contributed by atoms with van der Waals surface area (Å²) in [5.41, 5.74) is 3.15. The molecule has 1 unspecified atom stereocenters. The molecule has 17 heteroatoms. The van der Waals surface area contributed by atoms with Gasteiger partial charge in [0.2, 0.25) is 29.6 Å². The Bertz CT molecular complexity index is 1960. The molecule has 3 fully saturated rings. The van der Waals surface area contributed by atoms with Gasteiger partial charge in [-0.15, -0.1) is 11.3 Å². The average molecular weight is 805 g/mol. The van der Waals surface area contributed by atoms with E-state index >= 15 is 0 Å². The first-order chi connectivity index (χ1) is 27.6. The van der Waals surface area contributed by atoms with Gasteiger partial charge >= 0.3 is 0 Å². The summed E-state index contributed by atoms with van der Waals surface area (Å²) in [7, 11) is 2.00. The number of hydrogen-bond donors (Lipinski definition) is 6. The second kappa shape index (κ2) is 18.7. The molecule has 0 bridgehead atoms. The van der Waals surface area contributed by atoms with E-state index in [1.165, 1.54) is 35.3 Å². The number of aromatic nitrogens is 3. The zero-order valence-corrected chi connectivity index (χ0v) is 33.3. The van der Waals surface area contributed by atoms with Crippen LogP contribution in [0.15, 0.2) is 24.5 Å². The van der Waals surface area contributed by atoms with Crippen LogP contribution in [0.5, 0.6) is 0 Å². The lowest BCUT2D eigenvalue weighted by Crippen LogP contribution is -2.52. The van der Waals surface area contributed by atoms with Crippen LogP contribution in [-0.4, -0.2) is 93.3 Å². The maximum Gasteiger partial charge on any atom is 0.265 e. The van der Waals surface area contributed by atoms with Gasteiger partial charge in [0.25, 0.3) is 5.91 Å². The lowest BCUT2D eigenvalue weighted by Gasteiger charge is -2.29. The predicted octanol–water partition coefficient (Wildman–Crippen LogP) is 2.90. The SMILES string of the molecule is Cn1ccc(-c2nc(NC3CCC(NCC(=O)NCCCCCNCC(=O)NCc4cc5c(s4)C(=O)N(C4CCC(=O)NC4=O)C5)CC3)ncc2F)c1CC1CC1. The molecule has 1 atom stereocenters. The van der Waals surface area contributed by atoms with E-state index in [9.17, 15) is 28.4 Å². The van der Waals surface area contributed by atoms with Crippen molar-refractivity contribution in [2.24, 2.45) is 13.0 Å². The summed E-state index contributed by atoms with van der Waals surface area (Å²) in [5.74, 6) is -0.397. The highest BCUT2D eigenvalue weighted by Gasteiger charge is 2.40. The minimum atomic E-state index is -0.635. The summed E-state index contributed by atoms with van der Waals surface area (Å²) < 4.78 is 16.9. The van der Waals surface area contributed by atoms with Gasteiger partial charge in [0, 0.05) is 61.0 Å². The lowest BCUT2D eigenvalue weighted by atomic mass is 9.91. The summed E-state index contributed by atoms with van der Waals surface area (Å²) in [6.45, 7) is 2.38. The Kier molecular flexibility index (Phi) is 13.3. The number of fused-ring (bicyclic) bond motifs is 1. The molecule has 7 rings (SSSR count). The Morgan fingerprint density at radius 2 is 1.74 bits per heavy atom. The molecule has 2 aliphatic heterocycles. The van der Waals surface area contributed by atoms with Gasteiger partial charge < -0.3 is 36.1 Å². The summed E-state index contributed by atoms with van der Waals surface area (Å²) >= 11 is 1.32. The highest BCUT2D eigenvalue weighted by molar-refractivity contribution is 7.14. The summed E-state index contributed by atoms with van der Waals surface area (Å²) in [5, 5.41) is 18.1. The van der Waals surface area contributed by atoms with Gasteiger partial charge in [-0.2, -0.15) is 0 Å². The molecule has 15 nitrogen and oxygen atoms in total. The van der Waals surface area contributed by atoms with Crippen LogP contribution in [0.4, 0.5) is 10.3 Å². The Balaban J connectivity index is 0.701. The normalized spacial score (nSPS) is 20.7. The van der Waals surface area contributed by atoms with Gasteiger partial charge in [0.1, 0.15) is 11.7 Å². The smallest absolute Gasteiger partial charge is 0.265 e. The van der Waals surface area contributed by atoms with Gasteiger partial charge in [0.15, 0.2) is 5.82 Å². The second-order valence-corrected chi connectivity index (χ2v) is 16.9. The fraction of sp³-hybridized carbons (Fsp3) is 0.575. The van der Waals surface area contributed by atoms with Crippen molar-refractivity contribution in [3.63, 3.8) is 0 Å². The first kappa shape index (κ1) is 40.5. The number of carbonyl (C=O) groups excluding carboxylic acids is 5. The quantitative estimate of drug-likeness (QED) is 0.0777. The number of hydrogen-bond acceptors (Lipinski definition) is 11. The molecular formula is C40H53FN10O5S. The predicted molar refractivity (Wildman–Crippen MR) is 212 cm³/mol. The third-order valence-electron chi connectivity index (χ3n) is 11.3. The number of amides is 5. The topological polar surface area (TPSA) is 191 Å². The van der Waals surface area contributed by atoms with Gasteiger partial charge in [0.05, 0.1) is 30.7 Å². The lowest BCUT2D eigenvalue weighted by molar-refractivity contribution is -0.137. The summed E-state index contributed by atoms with van der Waals surface area (Å²) in [6, 6.07) is 3.65. The largest absolute Gasteiger partial charge is 0.355 e. The molecule has 2 aliphatic carbocycles. The van der Waals surface area contributed by atoms with Crippen LogP contribution in [0.25, 0.3) is 11.3 Å². The third-order valence-corrected chi connectivity index (χ3v) is 12.5. The van der Waals surface area contributed by atoms with E-state index in [4.69, 9.17) is 0 Å². The zero-order valence-electron chi connectivity index (χ0n) is 32.5. The van der Waals surface area contributed by atoms with Crippen molar-refractivity contribution in [1.82, 2.24) is 46.0 Å². The first-order valence-corrected chi connectivity index (χ1v) is 21.1. The van der Waals surface area contributed by atoms with Crippen molar-refractivity contribution in [2.45, 2.75) is 108 Å². The highest BCUT2D eigenvalue weighted by Crippen LogP contribution is 2.37. The Labute approximate surface area is 335 Å². The zero-order chi connectivity index (χ0) is 39.9. The molecule has 6 N–H and O–H groups in total. The van der Waals surface area contributed by atoms with Gasteiger partial charge in [-0.05, 0) is 94.4 Å². The maximum absolute atomic E-state index is 14.9. The number of rotatable bonds is 19. The van der Waals surface area contributed by atoms with E-state index in [1.807, 2.05) is 25.4 Å². The number of imide groups is 1. The van der Waals surface area contributed by atoms with E-state index in [2.05, 4.69) is 46.4 Å². The second-order valence-electron chi connectivity index (χ2n) is 15.7. The minimum absolute atomic E-state index is 0.0220. The van der Waals surface area contributed by atoms with Crippen molar-refractivity contribution in [1.29, 1.82) is 0 Å². The highest BCUT2D eigenvalue weighted by atomic mass is 32.1. The van der Waals surface area contributed by atoms with Gasteiger partial charge in [-0.3, -0.25) is 29.3 Å². The molecule has 5 heterocycles. The van der Waals surface area contributed by atoms with E-state index < -0.39 is 17.8 Å². The number of aryl methyl sites for hydroxylation is 1. The molecule has 4 aliphatic rings. The van der Waals surface area contributed by atoms with E-state index in [1.54, 1.807) is 0 Å². The fourth-order valence-electron chi connectivity index (χ4n) is 7.90. The van der Waals surface area contributed by atoms with Crippen LogP contribution in [0.1, 0.15) is 96.4 Å². The van der Waals surface area contributed by atoms with Crippen LogP contribution in [-0.2, 0) is 45.7 Å². The van der Waals surface area contributed by atoms with Crippen LogP contribution in [0.2, 0.25) is 0 Å². The molecule has 3 aromatic rings. The number of halogens is 1. The summed E-state index contributed by atoms with van der Waals surface area (Å²) in [6.07, 6.45) is 13.4. The van der Waals surface area contributed by atoms with Gasteiger partial charge in [-0.25, -0.2) is 14.4 Å². The number of carbonyl (C=O) groups is 5. The molecule has 306 valence electrons. The van der Waals surface area contributed by atoms with Crippen molar-refractivity contribution >= 4 is 46.8 Å². The maximum atomic E-state index is 14.9. The minimum Gasteiger partial charge on any atom is -0.355 e. The Morgan fingerprint density at radius 1 is 0.965 bits per heavy atom. The molecule has 5 amide bonds. The number of piperidine rings is 1. The standard InChI is InChI=1S/C40H53FN10O5S/c1-50-16-13-29(32(50)17-24-5-6-24)36-30(41)20-46-40(49-36)47-27-9-7-26(8-10-27)44-22-35(54)43-15-4-2-3-14-42-21-34(53)45-19-28-18-25-23-51(39(56)37(25)57-28)31-11-12-33(52)48-38(31)55/h13,16,18,20,24,26-27,31,42,44H,2-12,14-15,17,19,21-23H2,1H3,(H,43,54)(H,45,53)(H,46,47,49)(H,48,52,55). The average Bonchev–Trinajstić information content (AvgIpc) is 3.71. The Morgan fingerprint density at radius 3 is 2.51 bits per heavy atom. The number of unbranched alkanes of at least 4 members (excludes halogenated alkanes) is 2. The van der Waals surface area contributed by atoms with Crippen molar-refractivity contribution < 1.29 is 28.4 Å². The molecular weight excluding hydrogens is 752 g/mol. The fourth-order valence-corrected chi connectivity index (χ4v) is 8.96. The Hall–Kier alpha value is -4.74. The van der Waals surface area contributed by atoms with Crippen molar-refractivity contribution in [2.75, 3.05) is 31.5 Å². The monoisotopic (exact) mass is 804 g/mol. The van der Waals surface area contributed by atoms with Crippen LogP contribution in [0.3, 0.4) is 0 Å². The number of nitrogens with one attached hydrogen (secondary N) is 6. The molecule has 2 saturated carbocycles. The number of nitrogens with zero attached hydrogens (tertiary/aromatic N) is 4.